The summed E-state index contributed by atoms with van der Waals surface area (Å²) in [6.07, 6.45) is 3.99. The minimum absolute atomic E-state index is 0.0117. The van der Waals surface area contributed by atoms with Gasteiger partial charge < -0.3 is 5.32 Å². The number of anilines is 1. The quantitative estimate of drug-likeness (QED) is 0.929. The third-order valence-corrected chi connectivity index (χ3v) is 4.66. The Labute approximate surface area is 129 Å². The maximum absolute atomic E-state index is 12.1. The summed E-state index contributed by atoms with van der Waals surface area (Å²) in [5.41, 5.74) is 4.99. The van der Waals surface area contributed by atoms with Crippen LogP contribution < -0.4 is 5.32 Å². The highest BCUT2D eigenvalue weighted by molar-refractivity contribution is 7.13. The topological polar surface area (TPSA) is 42.0 Å². The van der Waals surface area contributed by atoms with E-state index >= 15 is 0 Å². The summed E-state index contributed by atoms with van der Waals surface area (Å²) in [6, 6.07) is 6.43. The number of hydrogen-bond acceptors (Lipinski definition) is 3. The van der Waals surface area contributed by atoms with Crippen molar-refractivity contribution in [1.82, 2.24) is 4.98 Å². The van der Waals surface area contributed by atoms with Gasteiger partial charge in [0.1, 0.15) is 0 Å². The van der Waals surface area contributed by atoms with Crippen LogP contribution in [0.2, 0.25) is 0 Å². The van der Waals surface area contributed by atoms with E-state index in [-0.39, 0.29) is 5.91 Å². The lowest BCUT2D eigenvalue weighted by molar-refractivity contribution is -0.115. The van der Waals surface area contributed by atoms with Crippen molar-refractivity contribution in [3.8, 4) is 0 Å². The highest BCUT2D eigenvalue weighted by atomic mass is 32.1. The maximum atomic E-state index is 12.1. The maximum Gasteiger partial charge on any atom is 0.230 e. The van der Waals surface area contributed by atoms with Crippen molar-refractivity contribution in [2.24, 2.45) is 0 Å². The van der Waals surface area contributed by atoms with Crippen LogP contribution >= 0.6 is 11.3 Å². The Morgan fingerprint density at radius 3 is 2.90 bits per heavy atom. The van der Waals surface area contributed by atoms with Crippen LogP contribution in [0.3, 0.4) is 0 Å². The van der Waals surface area contributed by atoms with Gasteiger partial charge in [0.25, 0.3) is 0 Å². The van der Waals surface area contributed by atoms with E-state index < -0.39 is 0 Å². The molecule has 1 heterocycles. The van der Waals surface area contributed by atoms with Crippen molar-refractivity contribution in [2.45, 2.75) is 45.4 Å². The van der Waals surface area contributed by atoms with Gasteiger partial charge in [0, 0.05) is 5.38 Å². The van der Waals surface area contributed by atoms with Gasteiger partial charge in [-0.2, -0.15) is 0 Å². The van der Waals surface area contributed by atoms with E-state index in [4.69, 9.17) is 0 Å². The van der Waals surface area contributed by atoms with Gasteiger partial charge in [-0.15, -0.1) is 11.3 Å². The SMILES string of the molecule is CC(C)c1csc(NC(=O)Cc2ccc3c(c2)CCC3)n1. The largest absolute Gasteiger partial charge is 0.302 e. The molecule has 3 nitrogen and oxygen atoms in total. The van der Waals surface area contributed by atoms with E-state index in [1.54, 1.807) is 0 Å². The van der Waals surface area contributed by atoms with Crippen LogP contribution in [0.15, 0.2) is 23.6 Å². The monoisotopic (exact) mass is 300 g/mol. The molecule has 0 spiro atoms. The summed E-state index contributed by atoms with van der Waals surface area (Å²) in [5, 5.41) is 5.61. The van der Waals surface area contributed by atoms with Crippen LogP contribution in [0, 0.1) is 0 Å². The number of fused-ring (bicyclic) bond motifs is 1. The summed E-state index contributed by atoms with van der Waals surface area (Å²) >= 11 is 1.49. The molecule has 1 aliphatic rings. The smallest absolute Gasteiger partial charge is 0.230 e. The summed E-state index contributed by atoms with van der Waals surface area (Å²) in [7, 11) is 0. The lowest BCUT2D eigenvalue weighted by Crippen LogP contribution is -2.14. The molecule has 0 radical (unpaired) electrons. The standard InChI is InChI=1S/C17H20N2OS/c1-11(2)15-10-21-17(18-15)19-16(20)9-12-6-7-13-4-3-5-14(13)8-12/h6-8,10-11H,3-5,9H2,1-2H3,(H,18,19,20). The number of carbonyl (C=O) groups is 1. The number of nitrogens with one attached hydrogen (secondary N) is 1. The first-order valence-corrected chi connectivity index (χ1v) is 8.36. The van der Waals surface area contributed by atoms with E-state index in [0.717, 1.165) is 17.7 Å². The lowest BCUT2D eigenvalue weighted by Gasteiger charge is -2.05. The number of amides is 1. The van der Waals surface area contributed by atoms with Crippen molar-refractivity contribution in [2.75, 3.05) is 5.32 Å². The Kier molecular flexibility index (Phi) is 4.06. The summed E-state index contributed by atoms with van der Waals surface area (Å²) in [6.45, 7) is 4.20. The molecule has 1 N–H and O–H groups in total. The average Bonchev–Trinajstić information content (AvgIpc) is 3.06. The number of carbonyl (C=O) groups excluding carboxylic acids is 1. The molecule has 21 heavy (non-hydrogen) atoms. The molecule has 1 amide bonds. The predicted octanol–water partition coefficient (Wildman–Crippen LogP) is 3.94. The van der Waals surface area contributed by atoms with Crippen LogP contribution in [-0.2, 0) is 24.1 Å². The first-order chi connectivity index (χ1) is 10.1. The molecule has 0 saturated heterocycles. The van der Waals surface area contributed by atoms with Gasteiger partial charge in [-0.25, -0.2) is 4.98 Å². The predicted molar refractivity (Wildman–Crippen MR) is 87.0 cm³/mol. The number of aromatic nitrogens is 1. The van der Waals surface area contributed by atoms with Crippen molar-refractivity contribution >= 4 is 22.4 Å². The van der Waals surface area contributed by atoms with Crippen LogP contribution in [0.4, 0.5) is 5.13 Å². The van der Waals surface area contributed by atoms with E-state index in [2.05, 4.69) is 42.3 Å². The Morgan fingerprint density at radius 2 is 2.14 bits per heavy atom. The second-order valence-electron chi connectivity index (χ2n) is 5.91. The zero-order chi connectivity index (χ0) is 14.8. The summed E-state index contributed by atoms with van der Waals surface area (Å²) in [5.74, 6) is 0.404. The number of rotatable bonds is 4. The number of nitrogens with zero attached hydrogens (tertiary/aromatic N) is 1. The number of benzene rings is 1. The summed E-state index contributed by atoms with van der Waals surface area (Å²) in [4.78, 5) is 16.6. The van der Waals surface area contributed by atoms with Gasteiger partial charge in [-0.05, 0) is 41.9 Å². The van der Waals surface area contributed by atoms with Gasteiger partial charge in [0.05, 0.1) is 12.1 Å². The fraction of sp³-hybridized carbons (Fsp3) is 0.412. The van der Waals surface area contributed by atoms with E-state index in [1.807, 2.05) is 5.38 Å². The molecule has 3 rings (SSSR count). The van der Waals surface area contributed by atoms with Crippen molar-refractivity contribution in [3.63, 3.8) is 0 Å². The Hall–Kier alpha value is -1.68. The van der Waals surface area contributed by atoms with Gasteiger partial charge >= 0.3 is 0 Å². The molecule has 0 atom stereocenters. The average molecular weight is 300 g/mol. The van der Waals surface area contributed by atoms with Crippen molar-refractivity contribution in [3.05, 3.63) is 46.0 Å². The van der Waals surface area contributed by atoms with Gasteiger partial charge in [0.15, 0.2) is 5.13 Å². The number of hydrogen-bond donors (Lipinski definition) is 1. The highest BCUT2D eigenvalue weighted by Crippen LogP contribution is 2.24. The molecule has 0 saturated carbocycles. The van der Waals surface area contributed by atoms with Crippen molar-refractivity contribution < 1.29 is 4.79 Å². The normalized spacial score (nSPS) is 13.5. The second kappa shape index (κ2) is 5.98. The molecule has 2 aromatic rings. The molecular formula is C17H20N2OS. The minimum atomic E-state index is 0.0117. The fourth-order valence-electron chi connectivity index (χ4n) is 2.69. The summed E-state index contributed by atoms with van der Waals surface area (Å²) < 4.78 is 0. The van der Waals surface area contributed by atoms with E-state index in [9.17, 15) is 4.79 Å². The van der Waals surface area contributed by atoms with Gasteiger partial charge in [-0.1, -0.05) is 32.0 Å². The van der Waals surface area contributed by atoms with Crippen LogP contribution in [0.25, 0.3) is 0 Å². The minimum Gasteiger partial charge on any atom is -0.302 e. The molecule has 1 aromatic carbocycles. The van der Waals surface area contributed by atoms with Crippen LogP contribution in [-0.4, -0.2) is 10.9 Å². The number of thiazole rings is 1. The zero-order valence-corrected chi connectivity index (χ0v) is 13.3. The lowest BCUT2D eigenvalue weighted by atomic mass is 10.0. The molecule has 0 bridgehead atoms. The zero-order valence-electron chi connectivity index (χ0n) is 12.5. The third kappa shape index (κ3) is 3.32. The molecule has 0 fully saturated rings. The van der Waals surface area contributed by atoms with Gasteiger partial charge in [-0.3, -0.25) is 4.79 Å². The molecule has 110 valence electrons. The number of aryl methyl sites for hydroxylation is 2. The highest BCUT2D eigenvalue weighted by Gasteiger charge is 2.13. The van der Waals surface area contributed by atoms with Crippen molar-refractivity contribution in [1.29, 1.82) is 0 Å². The Balaban J connectivity index is 1.63. The van der Waals surface area contributed by atoms with Crippen LogP contribution in [0.5, 0.6) is 0 Å². The van der Waals surface area contributed by atoms with Gasteiger partial charge in [0.2, 0.25) is 5.91 Å². The first kappa shape index (κ1) is 14.3. The van der Waals surface area contributed by atoms with Crippen LogP contribution in [0.1, 0.15) is 48.6 Å². The Bertz CT molecular complexity index is 661. The van der Waals surface area contributed by atoms with E-state index in [1.165, 1.54) is 35.3 Å². The third-order valence-electron chi connectivity index (χ3n) is 3.89. The molecule has 1 aliphatic carbocycles. The molecule has 0 unspecified atom stereocenters. The van der Waals surface area contributed by atoms with E-state index in [0.29, 0.717) is 17.5 Å². The molecule has 4 heteroatoms. The molecular weight excluding hydrogens is 280 g/mol. The Morgan fingerprint density at radius 1 is 1.33 bits per heavy atom. The second-order valence-corrected chi connectivity index (χ2v) is 6.77. The molecule has 0 aliphatic heterocycles. The fourth-order valence-corrected chi connectivity index (χ4v) is 3.58. The first-order valence-electron chi connectivity index (χ1n) is 7.48. The molecule has 1 aromatic heterocycles.